The number of benzene rings is 3. The van der Waals surface area contributed by atoms with Crippen molar-refractivity contribution in [3.05, 3.63) is 93.5 Å². The van der Waals surface area contributed by atoms with E-state index in [2.05, 4.69) is 10.5 Å². The van der Waals surface area contributed by atoms with Gasteiger partial charge in [-0.25, -0.2) is 5.43 Å². The molecule has 0 spiro atoms. The maximum Gasteiger partial charge on any atom is 0.275 e. The molecule has 0 heterocycles. The van der Waals surface area contributed by atoms with Crippen molar-refractivity contribution in [1.82, 2.24) is 5.43 Å². The van der Waals surface area contributed by atoms with E-state index in [0.717, 1.165) is 11.1 Å². The number of amides is 1. The van der Waals surface area contributed by atoms with E-state index < -0.39 is 5.91 Å². The lowest BCUT2D eigenvalue weighted by Gasteiger charge is -2.08. The molecule has 0 fully saturated rings. The highest BCUT2D eigenvalue weighted by Crippen LogP contribution is 2.22. The normalized spacial score (nSPS) is 10.7. The largest absolute Gasteiger partial charge is 0.496 e. The third-order valence-electron chi connectivity index (χ3n) is 4.02. The molecule has 1 N–H and O–H groups in total. The summed E-state index contributed by atoms with van der Waals surface area (Å²) in [7, 11) is 1.48. The minimum Gasteiger partial charge on any atom is -0.496 e. The Bertz CT molecular complexity index is 1020. The molecule has 0 saturated heterocycles. The first-order valence-corrected chi connectivity index (χ1v) is 9.45. The lowest BCUT2D eigenvalue weighted by molar-refractivity contribution is 0.0952. The Labute approximate surface area is 178 Å². The van der Waals surface area contributed by atoms with Gasteiger partial charge in [-0.3, -0.25) is 4.79 Å². The zero-order valence-electron chi connectivity index (χ0n) is 15.6. The smallest absolute Gasteiger partial charge is 0.275 e. The van der Waals surface area contributed by atoms with Crippen LogP contribution in [0.25, 0.3) is 0 Å². The fraction of sp³-hybridized carbons (Fsp3) is 0.0909. The van der Waals surface area contributed by atoms with Crippen molar-refractivity contribution in [1.29, 1.82) is 0 Å². The first-order chi connectivity index (χ1) is 14.1. The predicted octanol–water partition coefficient (Wildman–Crippen LogP) is 5.34. The quantitative estimate of drug-likeness (QED) is 0.407. The molecule has 7 heteroatoms. The van der Waals surface area contributed by atoms with Crippen LogP contribution in [0.5, 0.6) is 11.5 Å². The first kappa shape index (κ1) is 20.7. The number of nitrogens with one attached hydrogen (secondary N) is 1. The zero-order valence-corrected chi connectivity index (χ0v) is 17.1. The Morgan fingerprint density at radius 3 is 2.55 bits per heavy atom. The van der Waals surface area contributed by atoms with Gasteiger partial charge in [0.05, 0.1) is 18.9 Å². The van der Waals surface area contributed by atoms with Crippen LogP contribution in [0.2, 0.25) is 10.0 Å². The summed E-state index contributed by atoms with van der Waals surface area (Å²) >= 11 is 12.1. The number of hydrogen-bond acceptors (Lipinski definition) is 4. The second kappa shape index (κ2) is 9.96. The van der Waals surface area contributed by atoms with E-state index in [-0.39, 0.29) is 0 Å². The second-order valence-corrected chi connectivity index (χ2v) is 6.84. The summed E-state index contributed by atoms with van der Waals surface area (Å²) < 4.78 is 10.9. The molecular weight excluding hydrogens is 411 g/mol. The number of carbonyl (C=O) groups excluding carboxylic acids is 1. The fourth-order valence-corrected chi connectivity index (χ4v) is 2.87. The number of rotatable bonds is 7. The van der Waals surface area contributed by atoms with Crippen molar-refractivity contribution in [3.8, 4) is 11.5 Å². The maximum atomic E-state index is 12.3. The minimum atomic E-state index is -0.416. The van der Waals surface area contributed by atoms with Crippen molar-refractivity contribution >= 4 is 35.3 Å². The Balaban J connectivity index is 1.57. The molecule has 0 aliphatic carbocycles. The molecule has 0 bridgehead atoms. The van der Waals surface area contributed by atoms with Crippen LogP contribution in [0.1, 0.15) is 21.5 Å². The molecule has 0 saturated carbocycles. The number of hydrogen-bond donors (Lipinski definition) is 1. The van der Waals surface area contributed by atoms with Crippen molar-refractivity contribution in [2.24, 2.45) is 5.10 Å². The molecule has 3 aromatic rings. The monoisotopic (exact) mass is 428 g/mol. The van der Waals surface area contributed by atoms with Gasteiger partial charge in [-0.05, 0) is 54.1 Å². The number of methoxy groups -OCH3 is 1. The van der Waals surface area contributed by atoms with Crippen molar-refractivity contribution in [2.45, 2.75) is 6.61 Å². The maximum absolute atomic E-state index is 12.3. The molecule has 1 amide bonds. The van der Waals surface area contributed by atoms with Gasteiger partial charge in [0.25, 0.3) is 5.91 Å². The van der Waals surface area contributed by atoms with Crippen LogP contribution in [0.4, 0.5) is 0 Å². The Hall–Kier alpha value is -3.02. The van der Waals surface area contributed by atoms with Gasteiger partial charge in [0, 0.05) is 15.6 Å². The molecule has 0 aromatic heterocycles. The average Bonchev–Trinajstić information content (AvgIpc) is 2.74. The summed E-state index contributed by atoms with van der Waals surface area (Å²) in [6.07, 6.45) is 1.53. The van der Waals surface area contributed by atoms with Crippen molar-refractivity contribution in [3.63, 3.8) is 0 Å². The van der Waals surface area contributed by atoms with E-state index in [4.69, 9.17) is 32.7 Å². The lowest BCUT2D eigenvalue weighted by atomic mass is 10.2. The predicted molar refractivity (Wildman–Crippen MR) is 115 cm³/mol. The van der Waals surface area contributed by atoms with E-state index in [0.29, 0.717) is 33.7 Å². The highest BCUT2D eigenvalue weighted by molar-refractivity contribution is 6.31. The average molecular weight is 429 g/mol. The van der Waals surface area contributed by atoms with E-state index in [1.807, 2.05) is 48.5 Å². The SMILES string of the molecule is COc1ccc(Cl)cc1C(=O)NN=Cc1ccc(OCc2ccccc2Cl)cc1. The summed E-state index contributed by atoms with van der Waals surface area (Å²) in [4.78, 5) is 12.3. The molecule has 148 valence electrons. The van der Waals surface area contributed by atoms with Crippen LogP contribution in [0.3, 0.4) is 0 Å². The van der Waals surface area contributed by atoms with Gasteiger partial charge in [0.15, 0.2) is 0 Å². The Morgan fingerprint density at radius 2 is 1.83 bits per heavy atom. The third-order valence-corrected chi connectivity index (χ3v) is 4.62. The van der Waals surface area contributed by atoms with Crippen LogP contribution in [0.15, 0.2) is 71.8 Å². The van der Waals surface area contributed by atoms with Crippen molar-refractivity contribution < 1.29 is 14.3 Å². The number of halogens is 2. The number of hydrazone groups is 1. The first-order valence-electron chi connectivity index (χ1n) is 8.70. The summed E-state index contributed by atoms with van der Waals surface area (Å²) in [5.74, 6) is 0.706. The molecule has 29 heavy (non-hydrogen) atoms. The molecule has 0 atom stereocenters. The zero-order chi connectivity index (χ0) is 20.6. The van der Waals surface area contributed by atoms with Gasteiger partial charge in [0.1, 0.15) is 18.1 Å². The molecule has 0 aliphatic heterocycles. The van der Waals surface area contributed by atoms with Gasteiger partial charge in [0.2, 0.25) is 0 Å². The molecule has 3 aromatic carbocycles. The molecule has 0 unspecified atom stereocenters. The highest BCUT2D eigenvalue weighted by Gasteiger charge is 2.12. The van der Waals surface area contributed by atoms with Crippen LogP contribution in [-0.2, 0) is 6.61 Å². The van der Waals surface area contributed by atoms with Crippen LogP contribution < -0.4 is 14.9 Å². The van der Waals surface area contributed by atoms with E-state index >= 15 is 0 Å². The van der Waals surface area contributed by atoms with E-state index in [1.165, 1.54) is 19.4 Å². The Kier molecular flexibility index (Phi) is 7.11. The van der Waals surface area contributed by atoms with Gasteiger partial charge >= 0.3 is 0 Å². The molecule has 3 rings (SSSR count). The standard InChI is InChI=1S/C22H18Cl2N2O3/c1-28-21-11-8-17(23)12-19(21)22(27)26-25-13-15-6-9-18(10-7-15)29-14-16-4-2-3-5-20(16)24/h2-13H,14H2,1H3,(H,26,27). The molecule has 5 nitrogen and oxygen atoms in total. The van der Waals surface area contributed by atoms with Crippen LogP contribution >= 0.6 is 23.2 Å². The lowest BCUT2D eigenvalue weighted by Crippen LogP contribution is -2.18. The summed E-state index contributed by atoms with van der Waals surface area (Å²) in [5.41, 5.74) is 4.48. The molecule has 0 radical (unpaired) electrons. The molecule has 0 aliphatic rings. The topological polar surface area (TPSA) is 59.9 Å². The van der Waals surface area contributed by atoms with E-state index in [1.54, 1.807) is 12.1 Å². The summed E-state index contributed by atoms with van der Waals surface area (Å²) in [6.45, 7) is 0.380. The number of nitrogens with zero attached hydrogens (tertiary/aromatic N) is 1. The Morgan fingerprint density at radius 1 is 1.07 bits per heavy atom. The van der Waals surface area contributed by atoms with Crippen LogP contribution in [0, 0.1) is 0 Å². The highest BCUT2D eigenvalue weighted by atomic mass is 35.5. The minimum absolute atomic E-state index is 0.306. The van der Waals surface area contributed by atoms with Crippen molar-refractivity contribution in [2.75, 3.05) is 7.11 Å². The van der Waals surface area contributed by atoms with E-state index in [9.17, 15) is 4.79 Å². The van der Waals surface area contributed by atoms with Gasteiger partial charge in [-0.2, -0.15) is 5.10 Å². The molecular formula is C22H18Cl2N2O3. The number of ether oxygens (including phenoxy) is 2. The second-order valence-electron chi connectivity index (χ2n) is 5.99. The van der Waals surface area contributed by atoms with Crippen LogP contribution in [-0.4, -0.2) is 19.2 Å². The third kappa shape index (κ3) is 5.73. The van der Waals surface area contributed by atoms with Gasteiger partial charge < -0.3 is 9.47 Å². The number of carbonyl (C=O) groups is 1. The van der Waals surface area contributed by atoms with Gasteiger partial charge in [-0.15, -0.1) is 0 Å². The summed E-state index contributed by atoms with van der Waals surface area (Å²) in [5, 5.41) is 5.08. The van der Waals surface area contributed by atoms with Gasteiger partial charge in [-0.1, -0.05) is 41.4 Å². The fourth-order valence-electron chi connectivity index (χ4n) is 2.51. The summed E-state index contributed by atoms with van der Waals surface area (Å²) in [6, 6.07) is 19.6.